The number of carboxylic acids is 1. The number of para-hydroxylation sites is 1. The number of thioether (sulfide) groups is 1. The molecular weight excluding hydrogens is 995 g/mol. The molecule has 0 radical (unpaired) electrons. The number of benzene rings is 3. The van der Waals surface area contributed by atoms with Gasteiger partial charge in [0.2, 0.25) is 41.4 Å². The monoisotopic (exact) mass is 1060 g/mol. The van der Waals surface area contributed by atoms with Gasteiger partial charge in [-0.25, -0.2) is 9.78 Å². The van der Waals surface area contributed by atoms with Gasteiger partial charge in [-0.15, -0.1) is 0 Å². The summed E-state index contributed by atoms with van der Waals surface area (Å²) < 4.78 is 0. The van der Waals surface area contributed by atoms with Crippen molar-refractivity contribution in [3.8, 4) is 5.75 Å². The van der Waals surface area contributed by atoms with E-state index in [0.717, 1.165) is 0 Å². The van der Waals surface area contributed by atoms with Crippen LogP contribution in [0.25, 0.3) is 10.9 Å². The lowest BCUT2D eigenvalue weighted by Gasteiger charge is -2.28. The number of aliphatic carboxylic acids is 1. The summed E-state index contributed by atoms with van der Waals surface area (Å²) in [7, 11) is 0. The Morgan fingerprint density at radius 1 is 0.613 bits per heavy atom. The number of H-pyrrole nitrogens is 2. The molecule has 25 heteroatoms. The predicted molar refractivity (Wildman–Crippen MR) is 274 cm³/mol. The largest absolute Gasteiger partial charge is 0.508 e. The van der Waals surface area contributed by atoms with Gasteiger partial charge in [-0.1, -0.05) is 60.7 Å². The van der Waals surface area contributed by atoms with Gasteiger partial charge in [0.1, 0.15) is 54.1 Å². The van der Waals surface area contributed by atoms with Gasteiger partial charge in [-0.2, -0.15) is 11.8 Å². The number of nitrogens with one attached hydrogen (secondary N) is 9. The Labute approximate surface area is 434 Å². The minimum absolute atomic E-state index is 0.0560. The molecular formula is C50H63N11O13S. The maximum absolute atomic E-state index is 14.6. The molecule has 0 saturated heterocycles. The van der Waals surface area contributed by atoms with Crippen molar-refractivity contribution in [1.82, 2.24) is 52.2 Å². The summed E-state index contributed by atoms with van der Waals surface area (Å²) >= 11 is 1.37. The smallest absolute Gasteiger partial charge is 0.326 e. The van der Waals surface area contributed by atoms with Gasteiger partial charge in [-0.05, 0) is 60.2 Å². The van der Waals surface area contributed by atoms with E-state index in [2.05, 4.69) is 52.2 Å². The normalized spacial score (nSPS) is 14.8. The number of hydrogen-bond donors (Lipinski definition) is 15. The van der Waals surface area contributed by atoms with Crippen LogP contribution in [0.15, 0.2) is 97.6 Å². The first-order valence-electron chi connectivity index (χ1n) is 23.7. The van der Waals surface area contributed by atoms with Crippen molar-refractivity contribution in [2.24, 2.45) is 5.73 Å². The van der Waals surface area contributed by atoms with Crippen LogP contribution in [0.5, 0.6) is 5.75 Å². The lowest BCUT2D eigenvalue weighted by molar-refractivity contribution is -0.142. The second-order valence-electron chi connectivity index (χ2n) is 17.6. The van der Waals surface area contributed by atoms with Crippen LogP contribution in [0, 0.1) is 0 Å². The molecule has 0 spiro atoms. The molecule has 0 unspecified atom stereocenters. The third kappa shape index (κ3) is 17.4. The van der Waals surface area contributed by atoms with Crippen molar-refractivity contribution < 1.29 is 63.9 Å². The SMILES string of the molecule is CSCC[C@H](NC(=O)[C@H](Cc1c[nH]c2ccccc12)NC(=O)[C@H](Cc1ccc(O)cc1)NC(=O)[C@H](CO)NC(=O)[C@@H](NC(=O)[C@H](Cc1ccccc1)NC(=O)[C@@H](N)CO)[C@@H](C)O)C(=O)N[C@@H](Cc1cnc[nH]1)C(=O)O. The van der Waals surface area contributed by atoms with Crippen LogP contribution in [-0.2, 0) is 64.0 Å². The van der Waals surface area contributed by atoms with Crippen molar-refractivity contribution in [3.05, 3.63) is 120 Å². The summed E-state index contributed by atoms with van der Waals surface area (Å²) in [6.45, 7) is -0.634. The highest BCUT2D eigenvalue weighted by atomic mass is 32.2. The van der Waals surface area contributed by atoms with Gasteiger partial charge in [0.05, 0.1) is 25.6 Å². The molecule has 16 N–H and O–H groups in total. The molecule has 5 rings (SSSR count). The lowest BCUT2D eigenvalue weighted by atomic mass is 10.0. The zero-order valence-electron chi connectivity index (χ0n) is 41.0. The maximum atomic E-state index is 14.6. The molecule has 5 aromatic rings. The molecule has 0 bridgehead atoms. The van der Waals surface area contributed by atoms with Crippen LogP contribution in [0.1, 0.15) is 35.7 Å². The molecule has 0 aliphatic rings. The molecule has 2 heterocycles. The molecule has 9 atom stereocenters. The number of phenols is 1. The van der Waals surface area contributed by atoms with Gasteiger partial charge in [0.25, 0.3) is 0 Å². The maximum Gasteiger partial charge on any atom is 0.326 e. The van der Waals surface area contributed by atoms with Crippen LogP contribution in [0.4, 0.5) is 0 Å². The zero-order valence-corrected chi connectivity index (χ0v) is 41.8. The predicted octanol–water partition coefficient (Wildman–Crippen LogP) is -2.21. The van der Waals surface area contributed by atoms with Gasteiger partial charge in [0.15, 0.2) is 0 Å². The zero-order chi connectivity index (χ0) is 54.6. The van der Waals surface area contributed by atoms with Crippen LogP contribution in [0.2, 0.25) is 0 Å². The molecule has 7 amide bonds. The molecule has 0 aliphatic heterocycles. The number of carbonyl (C=O) groups is 8. The number of aromatic nitrogens is 3. The third-order valence-electron chi connectivity index (χ3n) is 11.9. The fourth-order valence-electron chi connectivity index (χ4n) is 7.75. The summed E-state index contributed by atoms with van der Waals surface area (Å²) in [6, 6.07) is 9.13. The first-order valence-corrected chi connectivity index (χ1v) is 25.1. The summed E-state index contributed by atoms with van der Waals surface area (Å²) in [6.07, 6.45) is 3.93. The Hall–Kier alpha value is -7.84. The van der Waals surface area contributed by atoms with Gasteiger partial charge >= 0.3 is 5.97 Å². The first-order chi connectivity index (χ1) is 35.9. The average molecular weight is 1060 g/mol. The molecule has 24 nitrogen and oxygen atoms in total. The Bertz CT molecular complexity index is 2710. The van der Waals surface area contributed by atoms with Gasteiger partial charge < -0.3 is 78.5 Å². The highest BCUT2D eigenvalue weighted by Crippen LogP contribution is 2.20. The van der Waals surface area contributed by atoms with Crippen LogP contribution >= 0.6 is 11.8 Å². The number of hydrogen-bond acceptors (Lipinski definition) is 15. The number of amides is 7. The number of carbonyl (C=O) groups excluding carboxylic acids is 7. The standard InChI is InChI=1S/C50H63N11O13S/c1-27(64)42(61-47(70)38(56-43(66)34(51)24-62)18-28-8-4-3-5-9-28)49(72)60-41(25-63)48(71)57-37(19-29-12-14-32(65)15-13-29)45(68)58-39(20-30-22-53-35-11-7-6-10-33(30)35)46(69)55-36(16-17-75-2)44(67)59-40(50(73)74)21-31-23-52-26-54-31/h3-15,22-23,26-27,34,36-42,53,62-65H,16-21,24-25,51H2,1-2H3,(H,52,54)(H,55,69)(H,56,66)(H,57,71)(H,58,68)(H,59,67)(H,60,72)(H,61,70)(H,73,74)/t27-,34+,36+,37+,38+,39+,40+,41+,42+/m1/s1. The number of aliphatic hydroxyl groups excluding tert-OH is 3. The van der Waals surface area contributed by atoms with Crippen LogP contribution < -0.4 is 43.0 Å². The van der Waals surface area contributed by atoms with Crippen molar-refractivity contribution >= 4 is 70.0 Å². The first kappa shape index (κ1) is 58.1. The average Bonchev–Trinajstić information content (AvgIpc) is 4.07. The quantitative estimate of drug-likeness (QED) is 0.0241. The fourth-order valence-corrected chi connectivity index (χ4v) is 8.22. The number of nitrogens with zero attached hydrogens (tertiary/aromatic N) is 1. The molecule has 0 fully saturated rings. The molecule has 0 aliphatic carbocycles. The summed E-state index contributed by atoms with van der Waals surface area (Å²) in [4.78, 5) is 119. The second-order valence-corrected chi connectivity index (χ2v) is 18.6. The van der Waals surface area contributed by atoms with E-state index in [-0.39, 0.29) is 37.9 Å². The van der Waals surface area contributed by atoms with Crippen molar-refractivity contribution in [2.45, 2.75) is 93.5 Å². The third-order valence-corrected chi connectivity index (χ3v) is 12.5. The summed E-state index contributed by atoms with van der Waals surface area (Å²) in [5, 5.41) is 68.8. The number of carboxylic acid groups (broad SMARTS) is 1. The molecule has 402 valence electrons. The highest BCUT2D eigenvalue weighted by Gasteiger charge is 2.36. The molecule has 75 heavy (non-hydrogen) atoms. The van der Waals surface area contributed by atoms with E-state index in [1.807, 2.05) is 0 Å². The second kappa shape index (κ2) is 28.6. The fraction of sp³-hybridized carbons (Fsp3) is 0.380. The van der Waals surface area contributed by atoms with Gasteiger partial charge in [0, 0.05) is 54.7 Å². The number of fused-ring (bicyclic) bond motifs is 1. The van der Waals surface area contributed by atoms with E-state index in [1.54, 1.807) is 67.0 Å². The van der Waals surface area contributed by atoms with E-state index in [9.17, 15) is 63.9 Å². The Balaban J connectivity index is 1.39. The van der Waals surface area contributed by atoms with E-state index in [0.29, 0.717) is 39.0 Å². The topological polar surface area (TPSA) is 392 Å². The van der Waals surface area contributed by atoms with Crippen molar-refractivity contribution in [2.75, 3.05) is 25.2 Å². The molecule has 2 aromatic heterocycles. The van der Waals surface area contributed by atoms with E-state index >= 15 is 0 Å². The number of phenolic OH excluding ortho intramolecular Hbond substituents is 1. The number of aliphatic hydroxyl groups is 3. The highest BCUT2D eigenvalue weighted by molar-refractivity contribution is 7.98. The Morgan fingerprint density at radius 2 is 1.15 bits per heavy atom. The van der Waals surface area contributed by atoms with E-state index in [1.165, 1.54) is 55.5 Å². The van der Waals surface area contributed by atoms with E-state index in [4.69, 9.17) is 5.73 Å². The van der Waals surface area contributed by atoms with Crippen LogP contribution in [0.3, 0.4) is 0 Å². The minimum Gasteiger partial charge on any atom is -0.508 e. The Morgan fingerprint density at radius 3 is 1.73 bits per heavy atom. The van der Waals surface area contributed by atoms with E-state index < -0.39 is 115 Å². The van der Waals surface area contributed by atoms with Crippen molar-refractivity contribution in [1.29, 1.82) is 0 Å². The minimum atomic E-state index is -1.82. The lowest BCUT2D eigenvalue weighted by Crippen LogP contribution is -2.62. The Kier molecular flexibility index (Phi) is 22.1. The van der Waals surface area contributed by atoms with Crippen LogP contribution in [-0.4, -0.2) is 167 Å². The number of nitrogens with two attached hydrogens (primary N) is 1. The summed E-state index contributed by atoms with van der Waals surface area (Å²) in [5.74, 6) is -7.81. The number of aromatic amines is 2. The van der Waals surface area contributed by atoms with Crippen molar-refractivity contribution in [3.63, 3.8) is 0 Å². The number of aromatic hydroxyl groups is 1. The molecule has 0 saturated carbocycles. The van der Waals surface area contributed by atoms with Gasteiger partial charge in [-0.3, -0.25) is 33.6 Å². The molecule has 3 aromatic carbocycles. The number of rotatable bonds is 29. The summed E-state index contributed by atoms with van der Waals surface area (Å²) in [5.41, 5.74) is 8.38. The number of imidazole rings is 1.